The summed E-state index contributed by atoms with van der Waals surface area (Å²) in [6.45, 7) is 11.0. The summed E-state index contributed by atoms with van der Waals surface area (Å²) < 4.78 is 0. The van der Waals surface area contributed by atoms with Crippen LogP contribution in [-0.2, 0) is 6.54 Å². The second kappa shape index (κ2) is 6.21. The average molecular weight is 247 g/mol. The Balaban J connectivity index is 2.04. The molecule has 0 radical (unpaired) electrons. The lowest BCUT2D eigenvalue weighted by Gasteiger charge is -2.34. The maximum Gasteiger partial charge on any atom is 0.0369 e. The molecule has 0 unspecified atom stereocenters. The molecule has 1 N–H and O–H groups in total. The van der Waals surface area contributed by atoms with Crippen LogP contribution in [0.25, 0.3) is 0 Å². The van der Waals surface area contributed by atoms with Crippen molar-refractivity contribution in [3.63, 3.8) is 0 Å². The first-order valence-corrected chi connectivity index (χ1v) is 6.94. The predicted octanol–water partition coefficient (Wildman–Crippen LogP) is 1.86. The van der Waals surface area contributed by atoms with Crippen molar-refractivity contribution in [2.45, 2.75) is 20.4 Å². The quantitative estimate of drug-likeness (QED) is 0.876. The highest BCUT2D eigenvalue weighted by Gasteiger charge is 2.14. The van der Waals surface area contributed by atoms with E-state index >= 15 is 0 Å². The Morgan fingerprint density at radius 2 is 1.89 bits per heavy atom. The predicted molar refractivity (Wildman–Crippen MR) is 78.3 cm³/mol. The van der Waals surface area contributed by atoms with Crippen molar-refractivity contribution < 1.29 is 0 Å². The van der Waals surface area contributed by atoms with Gasteiger partial charge >= 0.3 is 0 Å². The van der Waals surface area contributed by atoms with E-state index in [0.717, 1.165) is 39.3 Å². The zero-order valence-electron chi connectivity index (χ0n) is 11.9. The Kier molecular flexibility index (Phi) is 4.61. The largest absolute Gasteiger partial charge is 0.369 e. The third kappa shape index (κ3) is 3.24. The van der Waals surface area contributed by atoms with E-state index in [-0.39, 0.29) is 0 Å². The Morgan fingerprint density at radius 1 is 1.17 bits per heavy atom. The number of likely N-dealkylation sites (N-methyl/N-ethyl adjacent to an activating group) is 1. The van der Waals surface area contributed by atoms with E-state index in [4.69, 9.17) is 0 Å². The number of nitrogens with zero attached hydrogens (tertiary/aromatic N) is 2. The van der Waals surface area contributed by atoms with E-state index < -0.39 is 0 Å². The number of aryl methyl sites for hydroxylation is 1. The molecule has 18 heavy (non-hydrogen) atoms. The van der Waals surface area contributed by atoms with Crippen LogP contribution in [0.4, 0.5) is 5.69 Å². The van der Waals surface area contributed by atoms with Gasteiger partial charge in [0.05, 0.1) is 0 Å². The summed E-state index contributed by atoms with van der Waals surface area (Å²) in [4.78, 5) is 4.88. The summed E-state index contributed by atoms with van der Waals surface area (Å²) in [5, 5.41) is 3.39. The molecule has 1 saturated heterocycles. The molecule has 1 aromatic rings. The fraction of sp³-hybridized carbons (Fsp3) is 0.600. The normalized spacial score (nSPS) is 17.2. The average Bonchev–Trinajstić information content (AvgIpc) is 2.38. The molecule has 0 aliphatic carbocycles. The smallest absolute Gasteiger partial charge is 0.0369 e. The van der Waals surface area contributed by atoms with E-state index in [1.165, 1.54) is 16.8 Å². The lowest BCUT2D eigenvalue weighted by Crippen LogP contribution is -2.44. The number of hydrogen-bond acceptors (Lipinski definition) is 3. The van der Waals surface area contributed by atoms with Gasteiger partial charge in [-0.05, 0) is 43.8 Å². The number of hydrogen-bond donors (Lipinski definition) is 1. The Labute approximate surface area is 111 Å². The third-order valence-corrected chi connectivity index (χ3v) is 3.76. The standard InChI is InChI=1S/C15H25N3/c1-4-16-12-14-5-6-15(11-13(14)2)18-9-7-17(3)8-10-18/h5-6,11,16H,4,7-10,12H2,1-3H3. The summed E-state index contributed by atoms with van der Waals surface area (Å²) in [7, 11) is 2.20. The van der Waals surface area contributed by atoms with Crippen molar-refractivity contribution in [1.82, 2.24) is 10.2 Å². The zero-order chi connectivity index (χ0) is 13.0. The van der Waals surface area contributed by atoms with E-state index in [0.29, 0.717) is 0 Å². The van der Waals surface area contributed by atoms with Gasteiger partial charge in [0.1, 0.15) is 0 Å². The Bertz CT molecular complexity index is 381. The molecule has 100 valence electrons. The van der Waals surface area contributed by atoms with Crippen molar-refractivity contribution in [3.05, 3.63) is 29.3 Å². The molecule has 0 spiro atoms. The highest BCUT2D eigenvalue weighted by atomic mass is 15.2. The van der Waals surface area contributed by atoms with Crippen molar-refractivity contribution in [2.24, 2.45) is 0 Å². The summed E-state index contributed by atoms with van der Waals surface area (Å²) in [5.41, 5.74) is 4.18. The van der Waals surface area contributed by atoms with Gasteiger partial charge in [-0.3, -0.25) is 0 Å². The maximum atomic E-state index is 3.39. The van der Waals surface area contributed by atoms with Gasteiger partial charge in [-0.25, -0.2) is 0 Å². The number of rotatable bonds is 4. The fourth-order valence-electron chi connectivity index (χ4n) is 2.40. The summed E-state index contributed by atoms with van der Waals surface area (Å²) in [6.07, 6.45) is 0. The van der Waals surface area contributed by atoms with E-state index in [1.807, 2.05) is 0 Å². The minimum absolute atomic E-state index is 0.978. The van der Waals surface area contributed by atoms with Crippen molar-refractivity contribution in [2.75, 3.05) is 44.7 Å². The van der Waals surface area contributed by atoms with Crippen molar-refractivity contribution in [1.29, 1.82) is 0 Å². The van der Waals surface area contributed by atoms with Crippen LogP contribution >= 0.6 is 0 Å². The molecular formula is C15H25N3. The van der Waals surface area contributed by atoms with Crippen LogP contribution in [0.3, 0.4) is 0 Å². The molecule has 2 rings (SSSR count). The zero-order valence-corrected chi connectivity index (χ0v) is 11.9. The maximum absolute atomic E-state index is 3.39. The summed E-state index contributed by atoms with van der Waals surface area (Å²) >= 11 is 0. The van der Waals surface area contributed by atoms with E-state index in [2.05, 4.69) is 54.2 Å². The first-order chi connectivity index (χ1) is 8.70. The Hall–Kier alpha value is -1.06. The molecule has 1 aromatic carbocycles. The van der Waals surface area contributed by atoms with Gasteiger partial charge in [0.25, 0.3) is 0 Å². The first kappa shape index (κ1) is 13.4. The first-order valence-electron chi connectivity index (χ1n) is 6.94. The van der Waals surface area contributed by atoms with Crippen LogP contribution in [-0.4, -0.2) is 44.7 Å². The topological polar surface area (TPSA) is 18.5 Å². The molecule has 3 nitrogen and oxygen atoms in total. The Morgan fingerprint density at radius 3 is 2.50 bits per heavy atom. The highest BCUT2D eigenvalue weighted by Crippen LogP contribution is 2.20. The SMILES string of the molecule is CCNCc1ccc(N2CCN(C)CC2)cc1C. The number of nitrogens with one attached hydrogen (secondary N) is 1. The fourth-order valence-corrected chi connectivity index (χ4v) is 2.40. The molecule has 0 saturated carbocycles. The number of piperazine rings is 1. The van der Waals surface area contributed by atoms with Gasteiger partial charge in [-0.1, -0.05) is 13.0 Å². The molecule has 0 bridgehead atoms. The van der Waals surface area contributed by atoms with Crippen molar-refractivity contribution >= 4 is 5.69 Å². The second-order valence-electron chi connectivity index (χ2n) is 5.18. The van der Waals surface area contributed by atoms with Gasteiger partial charge in [-0.2, -0.15) is 0 Å². The minimum Gasteiger partial charge on any atom is -0.369 e. The van der Waals surface area contributed by atoms with Gasteiger partial charge < -0.3 is 15.1 Å². The minimum atomic E-state index is 0.978. The molecule has 0 aromatic heterocycles. The molecule has 1 fully saturated rings. The van der Waals surface area contributed by atoms with Gasteiger partial charge in [0.15, 0.2) is 0 Å². The van der Waals surface area contributed by atoms with Gasteiger partial charge in [0.2, 0.25) is 0 Å². The lowest BCUT2D eigenvalue weighted by molar-refractivity contribution is 0.313. The molecule has 1 aliphatic heterocycles. The third-order valence-electron chi connectivity index (χ3n) is 3.76. The summed E-state index contributed by atoms with van der Waals surface area (Å²) in [5.74, 6) is 0. The van der Waals surface area contributed by atoms with Crippen LogP contribution in [0.1, 0.15) is 18.1 Å². The highest BCUT2D eigenvalue weighted by molar-refractivity contribution is 5.51. The van der Waals surface area contributed by atoms with E-state index in [1.54, 1.807) is 0 Å². The lowest BCUT2D eigenvalue weighted by atomic mass is 10.1. The van der Waals surface area contributed by atoms with Crippen LogP contribution in [0.2, 0.25) is 0 Å². The molecular weight excluding hydrogens is 222 g/mol. The molecule has 0 amide bonds. The van der Waals surface area contributed by atoms with E-state index in [9.17, 15) is 0 Å². The summed E-state index contributed by atoms with van der Waals surface area (Å²) in [6, 6.07) is 6.87. The number of benzene rings is 1. The van der Waals surface area contributed by atoms with Crippen LogP contribution < -0.4 is 10.2 Å². The second-order valence-corrected chi connectivity index (χ2v) is 5.18. The van der Waals surface area contributed by atoms with Crippen LogP contribution in [0, 0.1) is 6.92 Å². The van der Waals surface area contributed by atoms with Gasteiger partial charge in [0, 0.05) is 38.4 Å². The molecule has 1 aliphatic rings. The monoisotopic (exact) mass is 247 g/mol. The molecule has 3 heteroatoms. The van der Waals surface area contributed by atoms with Crippen molar-refractivity contribution in [3.8, 4) is 0 Å². The van der Waals surface area contributed by atoms with Crippen LogP contribution in [0.5, 0.6) is 0 Å². The molecule has 0 atom stereocenters. The van der Waals surface area contributed by atoms with Gasteiger partial charge in [-0.15, -0.1) is 0 Å². The molecule has 1 heterocycles. The number of anilines is 1. The van der Waals surface area contributed by atoms with Crippen LogP contribution in [0.15, 0.2) is 18.2 Å².